The average Bonchev–Trinajstić information content (AvgIpc) is 2.80. The van der Waals surface area contributed by atoms with Gasteiger partial charge in [0.05, 0.1) is 34.9 Å². The first-order valence-electron chi connectivity index (χ1n) is 10.7. The molecule has 1 aliphatic heterocycles. The van der Waals surface area contributed by atoms with Gasteiger partial charge in [0.2, 0.25) is 0 Å². The molecule has 2 atom stereocenters. The number of benzene rings is 2. The minimum absolute atomic E-state index is 0.0458. The van der Waals surface area contributed by atoms with E-state index < -0.39 is 0 Å². The van der Waals surface area contributed by atoms with E-state index in [0.29, 0.717) is 22.2 Å². The molecule has 2 aromatic carbocycles. The summed E-state index contributed by atoms with van der Waals surface area (Å²) in [5.41, 5.74) is 2.17. The molecule has 3 rings (SSSR count). The highest BCUT2D eigenvalue weighted by atomic mass is 35.5. The molecular formula is C24H29Cl2N3O3. The van der Waals surface area contributed by atoms with E-state index in [1.54, 1.807) is 30.3 Å². The zero-order valence-electron chi connectivity index (χ0n) is 18.6. The molecule has 8 heteroatoms. The third kappa shape index (κ3) is 5.55. The van der Waals surface area contributed by atoms with Gasteiger partial charge < -0.3 is 15.0 Å². The van der Waals surface area contributed by atoms with Crippen LogP contribution in [0.2, 0.25) is 10.0 Å². The van der Waals surface area contributed by atoms with Crippen molar-refractivity contribution in [1.29, 1.82) is 0 Å². The highest BCUT2D eigenvalue weighted by Crippen LogP contribution is 2.35. The zero-order chi connectivity index (χ0) is 23.3. The van der Waals surface area contributed by atoms with Crippen LogP contribution in [0.1, 0.15) is 53.7 Å². The van der Waals surface area contributed by atoms with Gasteiger partial charge in [-0.25, -0.2) is 9.59 Å². The molecule has 1 N–H and O–H groups in total. The first-order chi connectivity index (χ1) is 15.3. The van der Waals surface area contributed by atoms with Crippen LogP contribution in [0.25, 0.3) is 0 Å². The Morgan fingerprint density at radius 3 is 2.56 bits per heavy atom. The average molecular weight is 478 g/mol. The third-order valence-corrected chi connectivity index (χ3v) is 6.79. The molecule has 2 amide bonds. The monoisotopic (exact) mass is 477 g/mol. The molecule has 0 spiro atoms. The molecule has 0 aromatic heterocycles. The topological polar surface area (TPSA) is 61.9 Å². The van der Waals surface area contributed by atoms with Crippen molar-refractivity contribution in [3.05, 3.63) is 69.2 Å². The van der Waals surface area contributed by atoms with Gasteiger partial charge in [0, 0.05) is 6.54 Å². The standard InChI is InChI=1S/C24H29Cl2N3O3/c1-16(19-7-6-8-20(25)22(19)26)29(21-9-4-5-14-28(21)2)24(31)27-15-17-10-12-18(13-11-17)23(30)32-3/h6-8,10-13,16,21H,4-5,9,14-15H2,1-3H3,(H,27,31). The third-order valence-electron chi connectivity index (χ3n) is 5.96. The number of amides is 2. The van der Waals surface area contributed by atoms with Gasteiger partial charge in [-0.2, -0.15) is 0 Å². The second kappa shape index (κ2) is 11.0. The minimum Gasteiger partial charge on any atom is -0.465 e. The lowest BCUT2D eigenvalue weighted by molar-refractivity contribution is 0.0337. The largest absolute Gasteiger partial charge is 0.465 e. The Labute approximate surface area is 199 Å². The first-order valence-corrected chi connectivity index (χ1v) is 11.5. The van der Waals surface area contributed by atoms with Gasteiger partial charge in [0.15, 0.2) is 0 Å². The van der Waals surface area contributed by atoms with E-state index in [4.69, 9.17) is 27.9 Å². The van der Waals surface area contributed by atoms with Crippen LogP contribution in [0.4, 0.5) is 4.79 Å². The lowest BCUT2D eigenvalue weighted by atomic mass is 10.0. The van der Waals surface area contributed by atoms with Crippen LogP contribution in [0.3, 0.4) is 0 Å². The second-order valence-corrected chi connectivity index (χ2v) is 8.82. The van der Waals surface area contributed by atoms with Crippen molar-refractivity contribution in [3.63, 3.8) is 0 Å². The molecule has 1 heterocycles. The molecule has 2 unspecified atom stereocenters. The highest BCUT2D eigenvalue weighted by Gasteiger charge is 2.34. The molecule has 172 valence electrons. The van der Waals surface area contributed by atoms with Crippen LogP contribution < -0.4 is 5.32 Å². The predicted octanol–water partition coefficient (Wildman–Crippen LogP) is 5.49. The molecule has 6 nitrogen and oxygen atoms in total. The van der Waals surface area contributed by atoms with Crippen molar-refractivity contribution < 1.29 is 14.3 Å². The normalized spacial score (nSPS) is 17.5. The Kier molecular flexibility index (Phi) is 8.40. The molecule has 1 fully saturated rings. The van der Waals surface area contributed by atoms with Gasteiger partial charge in [0.25, 0.3) is 0 Å². The summed E-state index contributed by atoms with van der Waals surface area (Å²) in [5, 5.41) is 3.97. The van der Waals surface area contributed by atoms with E-state index >= 15 is 0 Å². The molecule has 1 saturated heterocycles. The number of urea groups is 1. The van der Waals surface area contributed by atoms with Gasteiger partial charge in [-0.05, 0) is 69.1 Å². The quantitative estimate of drug-likeness (QED) is 0.558. The van der Waals surface area contributed by atoms with Crippen LogP contribution in [-0.4, -0.2) is 48.7 Å². The maximum absolute atomic E-state index is 13.4. The summed E-state index contributed by atoms with van der Waals surface area (Å²) in [7, 11) is 3.39. The molecule has 0 aliphatic carbocycles. The SMILES string of the molecule is COC(=O)c1ccc(CNC(=O)N(C(C)c2cccc(Cl)c2Cl)C2CCCCN2C)cc1. The number of methoxy groups -OCH3 is 1. The van der Waals surface area contributed by atoms with Crippen LogP contribution in [0, 0.1) is 0 Å². The summed E-state index contributed by atoms with van der Waals surface area (Å²) in [6, 6.07) is 12.1. The molecule has 1 aliphatic rings. The van der Waals surface area contributed by atoms with Gasteiger partial charge in [-0.1, -0.05) is 47.5 Å². The molecule has 0 bridgehead atoms. The number of hydrogen-bond acceptors (Lipinski definition) is 4. The number of esters is 1. The molecule has 32 heavy (non-hydrogen) atoms. The maximum Gasteiger partial charge on any atom is 0.337 e. The smallest absolute Gasteiger partial charge is 0.337 e. The summed E-state index contributed by atoms with van der Waals surface area (Å²) in [5.74, 6) is -0.390. The van der Waals surface area contributed by atoms with Crippen LogP contribution in [-0.2, 0) is 11.3 Å². The van der Waals surface area contributed by atoms with Crippen LogP contribution in [0.15, 0.2) is 42.5 Å². The van der Waals surface area contributed by atoms with Gasteiger partial charge in [-0.3, -0.25) is 4.90 Å². The summed E-state index contributed by atoms with van der Waals surface area (Å²) in [4.78, 5) is 29.1. The highest BCUT2D eigenvalue weighted by molar-refractivity contribution is 6.42. The number of halogens is 2. The van der Waals surface area contributed by atoms with Crippen molar-refractivity contribution in [3.8, 4) is 0 Å². The maximum atomic E-state index is 13.4. The predicted molar refractivity (Wildman–Crippen MR) is 127 cm³/mol. The Hall–Kier alpha value is -2.28. The number of hydrogen-bond donors (Lipinski definition) is 1. The number of nitrogens with one attached hydrogen (secondary N) is 1. The number of carbonyl (C=O) groups is 2. The summed E-state index contributed by atoms with van der Waals surface area (Å²) in [6.07, 6.45) is 3.02. The van der Waals surface area contributed by atoms with E-state index in [1.165, 1.54) is 7.11 Å². The first kappa shape index (κ1) is 24.4. The zero-order valence-corrected chi connectivity index (χ0v) is 20.1. The number of ether oxygens (including phenoxy) is 1. The van der Waals surface area contributed by atoms with Crippen LogP contribution in [0.5, 0.6) is 0 Å². The number of nitrogens with zero attached hydrogens (tertiary/aromatic N) is 2. The number of rotatable bonds is 6. The Morgan fingerprint density at radius 1 is 1.19 bits per heavy atom. The van der Waals surface area contributed by atoms with E-state index in [9.17, 15) is 9.59 Å². The minimum atomic E-state index is -0.390. The summed E-state index contributed by atoms with van der Waals surface area (Å²) >= 11 is 12.7. The van der Waals surface area contributed by atoms with Gasteiger partial charge in [-0.15, -0.1) is 0 Å². The Balaban J connectivity index is 1.80. The lowest BCUT2D eigenvalue weighted by Crippen LogP contribution is -2.55. The van der Waals surface area contributed by atoms with Crippen LogP contribution >= 0.6 is 23.2 Å². The summed E-state index contributed by atoms with van der Waals surface area (Å²) in [6.45, 7) is 3.24. The van der Waals surface area contributed by atoms with Crippen molar-refractivity contribution in [2.24, 2.45) is 0 Å². The fourth-order valence-electron chi connectivity index (χ4n) is 4.12. The Bertz CT molecular complexity index is 952. The Morgan fingerprint density at radius 2 is 1.91 bits per heavy atom. The van der Waals surface area contributed by atoms with Crippen molar-refractivity contribution in [2.45, 2.75) is 44.9 Å². The molecule has 0 saturated carbocycles. The number of piperidine rings is 1. The number of carbonyl (C=O) groups excluding carboxylic acids is 2. The van der Waals surface area contributed by atoms with E-state index in [-0.39, 0.29) is 24.2 Å². The van der Waals surface area contributed by atoms with E-state index in [2.05, 4.69) is 10.2 Å². The fourth-order valence-corrected chi connectivity index (χ4v) is 4.58. The second-order valence-electron chi connectivity index (χ2n) is 8.03. The van der Waals surface area contributed by atoms with Gasteiger partial charge in [0.1, 0.15) is 0 Å². The van der Waals surface area contributed by atoms with Crippen molar-refractivity contribution in [2.75, 3.05) is 20.7 Å². The summed E-state index contributed by atoms with van der Waals surface area (Å²) < 4.78 is 4.73. The fraction of sp³-hybridized carbons (Fsp3) is 0.417. The lowest BCUT2D eigenvalue weighted by Gasteiger charge is -2.44. The molecule has 2 aromatic rings. The van der Waals surface area contributed by atoms with Gasteiger partial charge >= 0.3 is 12.0 Å². The molecular weight excluding hydrogens is 449 g/mol. The van der Waals surface area contributed by atoms with E-state index in [1.807, 2.05) is 31.0 Å². The van der Waals surface area contributed by atoms with Crippen molar-refractivity contribution in [1.82, 2.24) is 15.1 Å². The van der Waals surface area contributed by atoms with E-state index in [0.717, 1.165) is 36.9 Å². The molecule has 0 radical (unpaired) electrons. The number of likely N-dealkylation sites (tertiary alicyclic amines) is 1. The van der Waals surface area contributed by atoms with Crippen molar-refractivity contribution >= 4 is 35.2 Å².